The van der Waals surface area contributed by atoms with Crippen molar-refractivity contribution in [1.29, 1.82) is 0 Å². The van der Waals surface area contributed by atoms with E-state index in [4.69, 9.17) is 4.74 Å². The highest BCUT2D eigenvalue weighted by Gasteiger charge is 2.50. The van der Waals surface area contributed by atoms with E-state index < -0.39 is 17.5 Å². The Morgan fingerprint density at radius 2 is 1.81 bits per heavy atom. The minimum Gasteiger partial charge on any atom is -0.376 e. The number of morpholine rings is 1. The van der Waals surface area contributed by atoms with Gasteiger partial charge in [-0.25, -0.2) is 0 Å². The van der Waals surface area contributed by atoms with Crippen molar-refractivity contribution < 1.29 is 17.9 Å². The van der Waals surface area contributed by atoms with Gasteiger partial charge >= 0.3 is 6.18 Å². The highest BCUT2D eigenvalue weighted by Crippen LogP contribution is 2.44. The summed E-state index contributed by atoms with van der Waals surface area (Å²) in [7, 11) is 0. The predicted octanol–water partition coefficient (Wildman–Crippen LogP) is 2.62. The monoisotopic (exact) mass is 308 g/mol. The maximum atomic E-state index is 13.0. The standard InChI is InChI=1S/C15H27F3N2O/c1-12-10-19(8-9-21-12)6-7-20-5-4-13(15(16,17)18)14(2,3)11-20/h12-13H,4-11H2,1-3H3/t12-,13+/m0/s1. The second-order valence-corrected chi connectivity index (χ2v) is 7.13. The van der Waals surface area contributed by atoms with E-state index in [1.807, 2.05) is 0 Å². The first-order valence-corrected chi connectivity index (χ1v) is 7.81. The van der Waals surface area contributed by atoms with Crippen LogP contribution in [0.5, 0.6) is 0 Å². The molecule has 2 saturated heterocycles. The molecule has 0 radical (unpaired) electrons. The SMILES string of the molecule is C[C@H]1CN(CCN2CC[C@@H](C(F)(F)F)C(C)(C)C2)CCO1. The summed E-state index contributed by atoms with van der Waals surface area (Å²) < 4.78 is 44.6. The van der Waals surface area contributed by atoms with Crippen molar-refractivity contribution in [3.05, 3.63) is 0 Å². The third kappa shape index (κ3) is 4.57. The molecule has 3 nitrogen and oxygen atoms in total. The molecule has 2 atom stereocenters. The van der Waals surface area contributed by atoms with Gasteiger partial charge in [-0.2, -0.15) is 13.2 Å². The lowest BCUT2D eigenvalue weighted by molar-refractivity contribution is -0.217. The number of hydrogen-bond acceptors (Lipinski definition) is 3. The molecule has 21 heavy (non-hydrogen) atoms. The molecule has 2 aliphatic rings. The number of likely N-dealkylation sites (tertiary alicyclic amines) is 1. The van der Waals surface area contributed by atoms with Crippen LogP contribution in [0.25, 0.3) is 0 Å². The molecule has 0 N–H and O–H groups in total. The first kappa shape index (κ1) is 17.0. The summed E-state index contributed by atoms with van der Waals surface area (Å²) in [5.41, 5.74) is -0.700. The Morgan fingerprint density at radius 3 is 2.38 bits per heavy atom. The van der Waals surface area contributed by atoms with Crippen LogP contribution in [0.3, 0.4) is 0 Å². The van der Waals surface area contributed by atoms with Crippen molar-refractivity contribution in [3.63, 3.8) is 0 Å². The lowest BCUT2D eigenvalue weighted by atomic mass is 9.73. The van der Waals surface area contributed by atoms with Gasteiger partial charge in [0.1, 0.15) is 0 Å². The zero-order valence-electron chi connectivity index (χ0n) is 13.2. The number of halogens is 3. The van der Waals surface area contributed by atoms with E-state index in [-0.39, 0.29) is 12.5 Å². The first-order valence-electron chi connectivity index (χ1n) is 7.81. The van der Waals surface area contributed by atoms with Gasteiger partial charge in [0.05, 0.1) is 18.6 Å². The van der Waals surface area contributed by atoms with E-state index in [9.17, 15) is 13.2 Å². The summed E-state index contributed by atoms with van der Waals surface area (Å²) in [6.07, 6.45) is -3.60. The van der Waals surface area contributed by atoms with E-state index in [2.05, 4.69) is 16.7 Å². The zero-order chi connectivity index (χ0) is 15.7. The minimum atomic E-state index is -4.07. The van der Waals surface area contributed by atoms with Crippen LogP contribution in [0, 0.1) is 11.3 Å². The van der Waals surface area contributed by atoms with Crippen molar-refractivity contribution in [2.24, 2.45) is 11.3 Å². The molecule has 124 valence electrons. The average molecular weight is 308 g/mol. The largest absolute Gasteiger partial charge is 0.392 e. The van der Waals surface area contributed by atoms with Gasteiger partial charge in [0.25, 0.3) is 0 Å². The topological polar surface area (TPSA) is 15.7 Å². The maximum Gasteiger partial charge on any atom is 0.392 e. The normalized spacial score (nSPS) is 32.3. The molecule has 2 rings (SSSR count). The van der Waals surface area contributed by atoms with Gasteiger partial charge < -0.3 is 9.64 Å². The van der Waals surface area contributed by atoms with E-state index >= 15 is 0 Å². The van der Waals surface area contributed by atoms with Gasteiger partial charge in [0.15, 0.2) is 0 Å². The van der Waals surface area contributed by atoms with E-state index in [0.717, 1.165) is 32.8 Å². The van der Waals surface area contributed by atoms with Crippen LogP contribution in [0.4, 0.5) is 13.2 Å². The minimum absolute atomic E-state index is 0.218. The van der Waals surface area contributed by atoms with E-state index in [1.54, 1.807) is 13.8 Å². The molecule has 0 saturated carbocycles. The van der Waals surface area contributed by atoms with Crippen LogP contribution >= 0.6 is 0 Å². The summed E-state index contributed by atoms with van der Waals surface area (Å²) in [4.78, 5) is 4.53. The fourth-order valence-electron chi connectivity index (χ4n) is 3.64. The number of alkyl halides is 3. The fraction of sp³-hybridized carbons (Fsp3) is 1.00. The number of ether oxygens (including phenoxy) is 1. The Labute approximate surface area is 125 Å². The molecule has 0 aromatic rings. The van der Waals surface area contributed by atoms with Crippen molar-refractivity contribution in [2.75, 3.05) is 45.9 Å². The number of rotatable bonds is 3. The Kier molecular flexibility index (Phi) is 5.21. The molecule has 2 fully saturated rings. The van der Waals surface area contributed by atoms with Crippen molar-refractivity contribution in [3.8, 4) is 0 Å². The number of hydrogen-bond donors (Lipinski definition) is 0. The molecule has 0 aromatic heterocycles. The van der Waals surface area contributed by atoms with Gasteiger partial charge in [-0.3, -0.25) is 4.90 Å². The summed E-state index contributed by atoms with van der Waals surface area (Å²) in [6, 6.07) is 0. The van der Waals surface area contributed by atoms with Crippen molar-refractivity contribution in [1.82, 2.24) is 9.80 Å². The number of nitrogens with zero attached hydrogens (tertiary/aromatic N) is 2. The average Bonchev–Trinajstić information content (AvgIpc) is 2.33. The van der Waals surface area contributed by atoms with Crippen LogP contribution in [0.1, 0.15) is 27.2 Å². The van der Waals surface area contributed by atoms with Gasteiger partial charge in [-0.05, 0) is 25.3 Å². The van der Waals surface area contributed by atoms with Crippen molar-refractivity contribution in [2.45, 2.75) is 39.5 Å². The highest BCUT2D eigenvalue weighted by molar-refractivity contribution is 4.91. The molecule has 0 aliphatic carbocycles. The lowest BCUT2D eigenvalue weighted by Crippen LogP contribution is -2.52. The Morgan fingerprint density at radius 1 is 1.14 bits per heavy atom. The summed E-state index contributed by atoms with van der Waals surface area (Å²) in [5, 5.41) is 0. The lowest BCUT2D eigenvalue weighted by Gasteiger charge is -2.45. The van der Waals surface area contributed by atoms with Crippen LogP contribution in [-0.4, -0.2) is 68.0 Å². The molecular formula is C15H27F3N2O. The first-order chi connectivity index (χ1) is 9.68. The predicted molar refractivity (Wildman–Crippen MR) is 76.2 cm³/mol. The van der Waals surface area contributed by atoms with Crippen LogP contribution in [0.15, 0.2) is 0 Å². The quantitative estimate of drug-likeness (QED) is 0.797. The zero-order valence-corrected chi connectivity index (χ0v) is 13.2. The molecular weight excluding hydrogens is 281 g/mol. The molecule has 0 aromatic carbocycles. The maximum absolute atomic E-state index is 13.0. The fourth-order valence-corrected chi connectivity index (χ4v) is 3.64. The molecule has 2 heterocycles. The van der Waals surface area contributed by atoms with Crippen LogP contribution < -0.4 is 0 Å². The number of piperidine rings is 1. The second-order valence-electron chi connectivity index (χ2n) is 7.13. The third-order valence-corrected chi connectivity index (χ3v) is 4.76. The molecule has 0 bridgehead atoms. The Balaban J connectivity index is 1.81. The van der Waals surface area contributed by atoms with E-state index in [0.29, 0.717) is 13.1 Å². The molecule has 2 aliphatic heterocycles. The smallest absolute Gasteiger partial charge is 0.376 e. The summed E-state index contributed by atoms with van der Waals surface area (Å²) in [5.74, 6) is -1.18. The Bertz CT molecular complexity index is 346. The van der Waals surface area contributed by atoms with Crippen LogP contribution in [0.2, 0.25) is 0 Å². The summed E-state index contributed by atoms with van der Waals surface area (Å²) >= 11 is 0. The summed E-state index contributed by atoms with van der Waals surface area (Å²) in [6.45, 7) is 11.0. The molecule has 0 unspecified atom stereocenters. The van der Waals surface area contributed by atoms with Gasteiger partial charge in [0, 0.05) is 32.7 Å². The van der Waals surface area contributed by atoms with E-state index in [1.165, 1.54) is 0 Å². The highest BCUT2D eigenvalue weighted by atomic mass is 19.4. The van der Waals surface area contributed by atoms with Gasteiger partial charge in [0.2, 0.25) is 0 Å². The molecule has 6 heteroatoms. The molecule has 0 amide bonds. The second kappa shape index (κ2) is 6.42. The van der Waals surface area contributed by atoms with Gasteiger partial charge in [-0.1, -0.05) is 13.8 Å². The molecule has 0 spiro atoms. The van der Waals surface area contributed by atoms with Crippen LogP contribution in [-0.2, 0) is 4.74 Å². The third-order valence-electron chi connectivity index (χ3n) is 4.76. The van der Waals surface area contributed by atoms with Gasteiger partial charge in [-0.15, -0.1) is 0 Å². The van der Waals surface area contributed by atoms with Crippen molar-refractivity contribution >= 4 is 0 Å². The Hall–Kier alpha value is -0.330.